The van der Waals surface area contributed by atoms with Crippen LogP contribution in [0.2, 0.25) is 10.0 Å². The van der Waals surface area contributed by atoms with Gasteiger partial charge in [-0.3, -0.25) is 4.72 Å². The van der Waals surface area contributed by atoms with Crippen LogP contribution in [0.1, 0.15) is 32.3 Å². The summed E-state index contributed by atoms with van der Waals surface area (Å²) in [7, 11) is -0.737. The van der Waals surface area contributed by atoms with E-state index in [0.717, 1.165) is 43.2 Å². The van der Waals surface area contributed by atoms with Gasteiger partial charge in [-0.2, -0.15) is 12.7 Å². The summed E-state index contributed by atoms with van der Waals surface area (Å²) in [6, 6.07) is 12.1. The van der Waals surface area contributed by atoms with E-state index in [1.807, 2.05) is 18.2 Å². The fourth-order valence-corrected chi connectivity index (χ4v) is 5.24. The van der Waals surface area contributed by atoms with Gasteiger partial charge in [-0.25, -0.2) is 4.79 Å². The number of piperidine rings is 1. The van der Waals surface area contributed by atoms with Crippen molar-refractivity contribution in [3.8, 4) is 0 Å². The highest BCUT2D eigenvalue weighted by Crippen LogP contribution is 2.27. The maximum absolute atomic E-state index is 12.8. The molecule has 1 aliphatic heterocycles. The minimum atomic E-state index is -3.63. The molecule has 1 heterocycles. The third-order valence-corrected chi connectivity index (χ3v) is 8.83. The molecule has 0 aromatic heterocycles. The summed E-state index contributed by atoms with van der Waals surface area (Å²) in [5.41, 5.74) is 2.09. The van der Waals surface area contributed by atoms with Gasteiger partial charge >= 0.3 is 16.2 Å². The van der Waals surface area contributed by atoms with E-state index in [-0.39, 0.29) is 18.0 Å². The van der Waals surface area contributed by atoms with Crippen molar-refractivity contribution < 1.29 is 13.2 Å². The molecule has 1 fully saturated rings. The molecule has 1 aliphatic rings. The second-order valence-electron chi connectivity index (χ2n) is 10.1. The van der Waals surface area contributed by atoms with Crippen LogP contribution in [0.5, 0.6) is 0 Å². The van der Waals surface area contributed by atoms with Gasteiger partial charge in [0.2, 0.25) is 0 Å². The Morgan fingerprint density at radius 3 is 2.35 bits per heavy atom. The number of nitrogens with zero attached hydrogens (tertiary/aromatic N) is 2. The molecule has 0 unspecified atom stereocenters. The highest BCUT2D eigenvalue weighted by Gasteiger charge is 2.25. The van der Waals surface area contributed by atoms with Crippen molar-refractivity contribution in [3.05, 3.63) is 58.1 Å². The second-order valence-corrected chi connectivity index (χ2v) is 12.8. The standard InChI is InChI=1S/C26H37Cl2N5O3S/c1-18(2)25(17-33-12-10-19(11-13-33)14-20-8-9-23(27)24(28)15-20)30-26(34)29-21-6-5-7-22(16-21)31-37(35,36)32(3)4/h5-9,15-16,18-19,25,31H,10-14,17H2,1-4H3,(H2,29,30,34)/t25-/m0/s1. The molecule has 2 aromatic rings. The lowest BCUT2D eigenvalue weighted by Gasteiger charge is -2.35. The number of halogens is 2. The fourth-order valence-electron chi connectivity index (χ4n) is 4.31. The first-order chi connectivity index (χ1) is 17.4. The van der Waals surface area contributed by atoms with Crippen molar-refractivity contribution in [1.82, 2.24) is 14.5 Å². The first-order valence-corrected chi connectivity index (χ1v) is 14.7. The van der Waals surface area contributed by atoms with Crippen LogP contribution in [0, 0.1) is 11.8 Å². The molecule has 3 N–H and O–H groups in total. The average molecular weight is 571 g/mol. The van der Waals surface area contributed by atoms with Crippen LogP contribution >= 0.6 is 23.2 Å². The van der Waals surface area contributed by atoms with E-state index in [9.17, 15) is 13.2 Å². The van der Waals surface area contributed by atoms with Crippen LogP contribution in [-0.4, -0.2) is 63.4 Å². The zero-order chi connectivity index (χ0) is 27.2. The number of benzene rings is 2. The van der Waals surface area contributed by atoms with Gasteiger partial charge in [0.05, 0.1) is 15.7 Å². The summed E-state index contributed by atoms with van der Waals surface area (Å²) in [6.07, 6.45) is 3.17. The quantitative estimate of drug-likeness (QED) is 0.361. The minimum absolute atomic E-state index is 0.0259. The predicted molar refractivity (Wildman–Crippen MR) is 153 cm³/mol. The molecular weight excluding hydrogens is 533 g/mol. The monoisotopic (exact) mass is 569 g/mol. The number of hydrogen-bond donors (Lipinski definition) is 3. The Bertz CT molecular complexity index is 1170. The number of carbonyl (C=O) groups excluding carboxylic acids is 1. The third-order valence-electron chi connectivity index (χ3n) is 6.64. The molecule has 37 heavy (non-hydrogen) atoms. The van der Waals surface area contributed by atoms with Gasteiger partial charge < -0.3 is 15.5 Å². The molecule has 1 atom stereocenters. The zero-order valence-electron chi connectivity index (χ0n) is 21.8. The second kappa shape index (κ2) is 13.2. The third kappa shape index (κ3) is 9.04. The van der Waals surface area contributed by atoms with Crippen molar-refractivity contribution in [2.45, 2.75) is 39.2 Å². The van der Waals surface area contributed by atoms with Crippen molar-refractivity contribution in [2.75, 3.05) is 43.8 Å². The number of rotatable bonds is 10. The summed E-state index contributed by atoms with van der Waals surface area (Å²) in [6.45, 7) is 6.92. The first-order valence-electron chi connectivity index (χ1n) is 12.5. The summed E-state index contributed by atoms with van der Waals surface area (Å²) < 4.78 is 27.7. The smallest absolute Gasteiger partial charge is 0.319 e. The molecule has 0 saturated carbocycles. The van der Waals surface area contributed by atoms with E-state index in [1.54, 1.807) is 24.3 Å². The fraction of sp³-hybridized carbons (Fsp3) is 0.500. The number of nitrogens with one attached hydrogen (secondary N) is 3. The Labute approximate surface area is 230 Å². The van der Waals surface area contributed by atoms with Crippen molar-refractivity contribution in [3.63, 3.8) is 0 Å². The zero-order valence-corrected chi connectivity index (χ0v) is 24.1. The van der Waals surface area contributed by atoms with Crippen LogP contribution in [0.4, 0.5) is 16.2 Å². The molecule has 2 amide bonds. The number of likely N-dealkylation sites (tertiary alicyclic amines) is 1. The molecule has 0 aliphatic carbocycles. The largest absolute Gasteiger partial charge is 0.334 e. The van der Waals surface area contributed by atoms with Crippen LogP contribution in [0.3, 0.4) is 0 Å². The normalized spacial score (nSPS) is 16.1. The number of hydrogen-bond acceptors (Lipinski definition) is 4. The Morgan fingerprint density at radius 2 is 1.73 bits per heavy atom. The highest BCUT2D eigenvalue weighted by atomic mass is 35.5. The van der Waals surface area contributed by atoms with E-state index in [0.29, 0.717) is 27.3 Å². The van der Waals surface area contributed by atoms with E-state index in [1.165, 1.54) is 19.7 Å². The maximum atomic E-state index is 12.8. The van der Waals surface area contributed by atoms with E-state index in [4.69, 9.17) is 23.2 Å². The number of amides is 2. The Hall–Kier alpha value is -2.04. The Morgan fingerprint density at radius 1 is 1.05 bits per heavy atom. The van der Waals surface area contributed by atoms with Gasteiger partial charge in [-0.05, 0) is 80.1 Å². The summed E-state index contributed by atoms with van der Waals surface area (Å²) >= 11 is 12.2. The van der Waals surface area contributed by atoms with Crippen LogP contribution < -0.4 is 15.4 Å². The predicted octanol–water partition coefficient (Wildman–Crippen LogP) is 5.31. The van der Waals surface area contributed by atoms with Gasteiger partial charge in [0.15, 0.2) is 0 Å². The van der Waals surface area contributed by atoms with Crippen molar-refractivity contribution in [2.24, 2.45) is 11.8 Å². The van der Waals surface area contributed by atoms with Gasteiger partial charge in [0.1, 0.15) is 0 Å². The molecular formula is C26H37Cl2N5O3S. The SMILES string of the molecule is CC(C)[C@H](CN1CCC(Cc2ccc(Cl)c(Cl)c2)CC1)NC(=O)Nc1cccc(NS(=O)(=O)N(C)C)c1. The maximum Gasteiger partial charge on any atom is 0.319 e. The topological polar surface area (TPSA) is 93.8 Å². The lowest BCUT2D eigenvalue weighted by Crippen LogP contribution is -2.49. The Kier molecular flexibility index (Phi) is 10.5. The van der Waals surface area contributed by atoms with Crippen LogP contribution in [-0.2, 0) is 16.6 Å². The molecule has 0 spiro atoms. The average Bonchev–Trinajstić information content (AvgIpc) is 2.82. The molecule has 11 heteroatoms. The van der Waals surface area contributed by atoms with Crippen molar-refractivity contribution in [1.29, 1.82) is 0 Å². The summed E-state index contributed by atoms with van der Waals surface area (Å²) in [5, 5.41) is 7.10. The van der Waals surface area contributed by atoms with E-state index >= 15 is 0 Å². The lowest BCUT2D eigenvalue weighted by atomic mass is 9.89. The molecule has 0 radical (unpaired) electrons. The summed E-state index contributed by atoms with van der Waals surface area (Å²) in [5.74, 6) is 0.845. The first kappa shape index (κ1) is 29.5. The van der Waals surface area contributed by atoms with Gasteiger partial charge in [0, 0.05) is 32.4 Å². The van der Waals surface area contributed by atoms with E-state index < -0.39 is 10.2 Å². The minimum Gasteiger partial charge on any atom is -0.334 e. The van der Waals surface area contributed by atoms with Crippen LogP contribution in [0.15, 0.2) is 42.5 Å². The van der Waals surface area contributed by atoms with Gasteiger partial charge in [-0.1, -0.05) is 49.2 Å². The Balaban J connectivity index is 1.50. The van der Waals surface area contributed by atoms with Crippen LogP contribution in [0.25, 0.3) is 0 Å². The van der Waals surface area contributed by atoms with Gasteiger partial charge in [-0.15, -0.1) is 0 Å². The molecule has 8 nitrogen and oxygen atoms in total. The molecule has 1 saturated heterocycles. The van der Waals surface area contributed by atoms with Gasteiger partial charge in [0.25, 0.3) is 0 Å². The van der Waals surface area contributed by atoms with E-state index in [2.05, 4.69) is 34.1 Å². The lowest BCUT2D eigenvalue weighted by molar-refractivity contribution is 0.157. The molecule has 204 valence electrons. The molecule has 2 aromatic carbocycles. The number of anilines is 2. The molecule has 3 rings (SSSR count). The number of carbonyl (C=O) groups is 1. The molecule has 0 bridgehead atoms. The summed E-state index contributed by atoms with van der Waals surface area (Å²) in [4.78, 5) is 15.2. The van der Waals surface area contributed by atoms with Crippen molar-refractivity contribution >= 4 is 50.8 Å². The highest BCUT2D eigenvalue weighted by molar-refractivity contribution is 7.90. The number of urea groups is 1.